The van der Waals surface area contributed by atoms with Crippen LogP contribution in [0.3, 0.4) is 0 Å². The number of hydrogen-bond donors (Lipinski definition) is 1. The lowest BCUT2D eigenvalue weighted by atomic mass is 9.99. The van der Waals surface area contributed by atoms with Crippen molar-refractivity contribution in [2.75, 3.05) is 25.4 Å². The fraction of sp³-hybridized carbons (Fsp3) is 0.733. The van der Waals surface area contributed by atoms with E-state index in [2.05, 4.69) is 28.7 Å². The van der Waals surface area contributed by atoms with Crippen LogP contribution in [0, 0.1) is 5.92 Å². The lowest BCUT2D eigenvalue weighted by Gasteiger charge is -2.37. The summed E-state index contributed by atoms with van der Waals surface area (Å²) < 4.78 is 2.38. The van der Waals surface area contributed by atoms with Gasteiger partial charge < -0.3 is 14.8 Å². The van der Waals surface area contributed by atoms with Crippen LogP contribution in [-0.2, 0) is 13.0 Å². The summed E-state index contributed by atoms with van der Waals surface area (Å²) in [4.78, 5) is 18.6. The van der Waals surface area contributed by atoms with Gasteiger partial charge in [0.1, 0.15) is 5.82 Å². The first kappa shape index (κ1) is 14.8. The molecule has 21 heavy (non-hydrogen) atoms. The molecule has 2 amide bonds. The zero-order chi connectivity index (χ0) is 14.9. The van der Waals surface area contributed by atoms with Crippen LogP contribution in [0.25, 0.3) is 0 Å². The van der Waals surface area contributed by atoms with E-state index in [1.54, 1.807) is 0 Å². The molecule has 0 radical (unpaired) electrons. The summed E-state index contributed by atoms with van der Waals surface area (Å²) in [7, 11) is 0. The summed E-state index contributed by atoms with van der Waals surface area (Å²) in [5.74, 6) is 2.72. The molecule has 1 saturated heterocycles. The Hall–Kier alpha value is -1.17. The highest BCUT2D eigenvalue weighted by atomic mass is 32.2. The van der Waals surface area contributed by atoms with Crippen molar-refractivity contribution in [3.8, 4) is 0 Å². The van der Waals surface area contributed by atoms with Gasteiger partial charge in [0.15, 0.2) is 0 Å². The molecule has 0 bridgehead atoms. The zero-order valence-electron chi connectivity index (χ0n) is 12.8. The van der Waals surface area contributed by atoms with E-state index in [-0.39, 0.29) is 10.8 Å². The van der Waals surface area contributed by atoms with Gasteiger partial charge in [0.25, 0.3) is 0 Å². The van der Waals surface area contributed by atoms with Gasteiger partial charge in [-0.05, 0) is 26.2 Å². The van der Waals surface area contributed by atoms with Gasteiger partial charge in [-0.2, -0.15) is 11.8 Å². The average Bonchev–Trinajstić information content (AvgIpc) is 2.91. The summed E-state index contributed by atoms with van der Waals surface area (Å²) in [6.45, 7) is 7.84. The number of amides is 2. The maximum Gasteiger partial charge on any atom is 0.317 e. The van der Waals surface area contributed by atoms with Crippen molar-refractivity contribution >= 4 is 17.8 Å². The number of hydrogen-bond acceptors (Lipinski definition) is 3. The molecule has 3 rings (SSSR count). The molecule has 1 fully saturated rings. The second-order valence-electron chi connectivity index (χ2n) is 6.62. The smallest absolute Gasteiger partial charge is 0.317 e. The van der Waals surface area contributed by atoms with Crippen LogP contribution in [0.5, 0.6) is 0 Å². The summed E-state index contributed by atoms with van der Waals surface area (Å²) in [5.41, 5.74) is 0. The minimum Gasteiger partial charge on any atom is -0.338 e. The average molecular weight is 308 g/mol. The Labute approximate surface area is 130 Å². The minimum absolute atomic E-state index is 0.0970. The second-order valence-corrected chi connectivity index (χ2v) is 8.42. The topological polar surface area (TPSA) is 50.2 Å². The number of carbonyl (C=O) groups is 1. The fourth-order valence-corrected chi connectivity index (χ4v) is 4.25. The van der Waals surface area contributed by atoms with Gasteiger partial charge in [0.05, 0.1) is 0 Å². The highest BCUT2D eigenvalue weighted by Gasteiger charge is 2.30. The van der Waals surface area contributed by atoms with Crippen molar-refractivity contribution in [1.29, 1.82) is 0 Å². The molecule has 0 aromatic carbocycles. The number of aryl methyl sites for hydroxylation is 1. The fourth-order valence-electron chi connectivity index (χ4n) is 3.14. The van der Waals surface area contributed by atoms with E-state index in [9.17, 15) is 4.79 Å². The number of fused-ring (bicyclic) bond motifs is 1. The van der Waals surface area contributed by atoms with E-state index >= 15 is 0 Å². The van der Waals surface area contributed by atoms with Crippen molar-refractivity contribution in [1.82, 2.24) is 19.8 Å². The normalized spacial score (nSPS) is 24.5. The molecule has 0 unspecified atom stereocenters. The predicted octanol–water partition coefficient (Wildman–Crippen LogP) is 1.98. The molecule has 0 aliphatic carbocycles. The lowest BCUT2D eigenvalue weighted by molar-refractivity contribution is 0.191. The molecule has 5 nitrogen and oxygen atoms in total. The summed E-state index contributed by atoms with van der Waals surface area (Å²) in [5, 5.41) is 3.13. The summed E-state index contributed by atoms with van der Waals surface area (Å²) in [6, 6.07) is 0.0970. The van der Waals surface area contributed by atoms with Gasteiger partial charge in [-0.3, -0.25) is 0 Å². The highest BCUT2D eigenvalue weighted by molar-refractivity contribution is 8.00. The number of nitrogens with one attached hydrogen (secondary N) is 1. The van der Waals surface area contributed by atoms with E-state index in [0.717, 1.165) is 44.8 Å². The molecule has 3 heterocycles. The van der Waals surface area contributed by atoms with Crippen LogP contribution < -0.4 is 5.32 Å². The number of thioether (sulfide) groups is 1. The number of carbonyl (C=O) groups excluding carboxylic acids is 1. The van der Waals surface area contributed by atoms with Gasteiger partial charge >= 0.3 is 6.03 Å². The molecule has 6 heteroatoms. The quantitative estimate of drug-likeness (QED) is 0.909. The maximum absolute atomic E-state index is 12.3. The van der Waals surface area contributed by atoms with E-state index in [0.29, 0.717) is 5.92 Å². The van der Waals surface area contributed by atoms with Crippen LogP contribution in [-0.4, -0.2) is 50.6 Å². The largest absolute Gasteiger partial charge is 0.338 e. The van der Waals surface area contributed by atoms with Crippen molar-refractivity contribution in [2.24, 2.45) is 5.92 Å². The third kappa shape index (κ3) is 3.54. The van der Waals surface area contributed by atoms with Crippen LogP contribution in [0.4, 0.5) is 4.79 Å². The van der Waals surface area contributed by atoms with Gasteiger partial charge in [-0.25, -0.2) is 9.78 Å². The molecule has 0 spiro atoms. The number of rotatable bonds is 2. The molecular formula is C15H24N4OS. The maximum atomic E-state index is 12.3. The molecule has 116 valence electrons. The molecule has 2 aliphatic heterocycles. The minimum atomic E-state index is 0.0970. The van der Waals surface area contributed by atoms with E-state index in [1.807, 2.05) is 29.1 Å². The predicted molar refractivity (Wildman–Crippen MR) is 85.5 cm³/mol. The van der Waals surface area contributed by atoms with Crippen LogP contribution in [0.1, 0.15) is 26.1 Å². The van der Waals surface area contributed by atoms with Gasteiger partial charge in [-0.15, -0.1) is 0 Å². The van der Waals surface area contributed by atoms with Crippen molar-refractivity contribution in [3.05, 3.63) is 18.2 Å². The molecule has 1 atom stereocenters. The molecular weight excluding hydrogens is 284 g/mol. The van der Waals surface area contributed by atoms with Crippen molar-refractivity contribution in [3.63, 3.8) is 0 Å². The lowest BCUT2D eigenvalue weighted by Crippen LogP contribution is -2.51. The SMILES string of the molecule is CC1(C)CN(C(=O)NC[C@H]2CCc3nccn3C2)CCS1. The number of aromatic nitrogens is 2. The summed E-state index contributed by atoms with van der Waals surface area (Å²) in [6.07, 6.45) is 6.02. The monoisotopic (exact) mass is 308 g/mol. The molecule has 1 aromatic rings. The Morgan fingerprint density at radius 2 is 2.43 bits per heavy atom. The van der Waals surface area contributed by atoms with Gasteiger partial charge in [0.2, 0.25) is 0 Å². The molecule has 0 saturated carbocycles. The van der Waals surface area contributed by atoms with Gasteiger partial charge in [-0.1, -0.05) is 0 Å². The van der Waals surface area contributed by atoms with Crippen molar-refractivity contribution < 1.29 is 4.79 Å². The first-order valence-corrected chi connectivity index (χ1v) is 8.69. The van der Waals surface area contributed by atoms with Gasteiger partial charge in [0, 0.05) is 55.5 Å². The third-order valence-electron chi connectivity index (χ3n) is 4.29. The Morgan fingerprint density at radius 1 is 1.57 bits per heavy atom. The van der Waals surface area contributed by atoms with E-state index in [4.69, 9.17) is 0 Å². The first-order chi connectivity index (χ1) is 10.0. The highest BCUT2D eigenvalue weighted by Crippen LogP contribution is 2.29. The van der Waals surface area contributed by atoms with E-state index in [1.165, 1.54) is 5.82 Å². The van der Waals surface area contributed by atoms with Crippen LogP contribution >= 0.6 is 11.8 Å². The standard InChI is InChI=1S/C15H24N4OS/c1-15(2)11-19(7-8-21-15)14(20)17-9-12-3-4-13-16-5-6-18(13)10-12/h5-6,12H,3-4,7-11H2,1-2H3,(H,17,20)/t12-/m1/s1. The zero-order valence-corrected chi connectivity index (χ0v) is 13.7. The Bertz CT molecular complexity index is 514. The molecule has 2 aliphatic rings. The Morgan fingerprint density at radius 3 is 3.24 bits per heavy atom. The first-order valence-electron chi connectivity index (χ1n) is 7.70. The van der Waals surface area contributed by atoms with Crippen LogP contribution in [0.2, 0.25) is 0 Å². The summed E-state index contributed by atoms with van der Waals surface area (Å²) >= 11 is 1.95. The Balaban J connectivity index is 1.48. The van der Waals surface area contributed by atoms with E-state index < -0.39 is 0 Å². The van der Waals surface area contributed by atoms with Crippen molar-refractivity contribution in [2.45, 2.75) is 38.0 Å². The number of nitrogens with zero attached hydrogens (tertiary/aromatic N) is 3. The molecule has 1 N–H and O–H groups in total. The second kappa shape index (κ2) is 5.91. The number of urea groups is 1. The number of imidazole rings is 1. The third-order valence-corrected chi connectivity index (χ3v) is 5.58. The Kier molecular flexibility index (Phi) is 4.15. The molecule has 1 aromatic heterocycles. The van der Waals surface area contributed by atoms with Crippen LogP contribution in [0.15, 0.2) is 12.4 Å².